The van der Waals surface area contributed by atoms with E-state index in [1.807, 2.05) is 0 Å². The fraction of sp³-hybridized carbons (Fsp3) is 0.632. The van der Waals surface area contributed by atoms with Gasteiger partial charge in [-0.15, -0.1) is 12.6 Å². The van der Waals surface area contributed by atoms with E-state index < -0.39 is 16.0 Å². The summed E-state index contributed by atoms with van der Waals surface area (Å²) in [5.41, 5.74) is -0.0620. The van der Waals surface area contributed by atoms with Crippen LogP contribution >= 0.6 is 12.6 Å². The fourth-order valence-corrected chi connectivity index (χ4v) is 4.74. The molecule has 5 nitrogen and oxygen atoms in total. The number of nitrogens with zero attached hydrogens (tertiary/aromatic N) is 1. The Morgan fingerprint density at radius 1 is 0.962 bits per heavy atom. The lowest BCUT2D eigenvalue weighted by atomic mass is 10.2. The van der Waals surface area contributed by atoms with Gasteiger partial charge in [0.25, 0.3) is 0 Å². The van der Waals surface area contributed by atoms with Gasteiger partial charge in [-0.1, -0.05) is 52.4 Å². The van der Waals surface area contributed by atoms with Gasteiger partial charge in [0, 0.05) is 18.0 Å². The Kier molecular flexibility index (Phi) is 10.3. The van der Waals surface area contributed by atoms with Crippen LogP contribution in [0.5, 0.6) is 0 Å². The Morgan fingerprint density at radius 3 is 1.96 bits per heavy atom. The van der Waals surface area contributed by atoms with E-state index in [9.17, 15) is 18.3 Å². The number of carboxylic acids is 1. The molecule has 1 aromatic rings. The molecule has 26 heavy (non-hydrogen) atoms. The Bertz CT molecular complexity index is 662. The van der Waals surface area contributed by atoms with E-state index in [1.165, 1.54) is 22.5 Å². The highest BCUT2D eigenvalue weighted by molar-refractivity contribution is 7.89. The summed E-state index contributed by atoms with van der Waals surface area (Å²) in [7, 11) is -3.73. The summed E-state index contributed by atoms with van der Waals surface area (Å²) >= 11 is 4.17. The minimum Gasteiger partial charge on any atom is -0.478 e. The molecule has 0 radical (unpaired) electrons. The van der Waals surface area contributed by atoms with Gasteiger partial charge < -0.3 is 5.11 Å². The molecule has 0 unspecified atom stereocenters. The molecular weight excluding hydrogens is 370 g/mol. The largest absolute Gasteiger partial charge is 0.478 e. The van der Waals surface area contributed by atoms with Gasteiger partial charge in [-0.2, -0.15) is 4.31 Å². The maximum Gasteiger partial charge on any atom is 0.335 e. The van der Waals surface area contributed by atoms with Gasteiger partial charge >= 0.3 is 5.97 Å². The molecule has 7 heteroatoms. The van der Waals surface area contributed by atoms with E-state index >= 15 is 0 Å². The van der Waals surface area contributed by atoms with E-state index in [2.05, 4.69) is 26.5 Å². The summed E-state index contributed by atoms with van der Waals surface area (Å²) in [6.45, 7) is 5.16. The lowest BCUT2D eigenvalue weighted by Crippen LogP contribution is -2.33. The van der Waals surface area contributed by atoms with Crippen molar-refractivity contribution >= 4 is 28.6 Å². The van der Waals surface area contributed by atoms with E-state index in [4.69, 9.17) is 0 Å². The highest BCUT2D eigenvalue weighted by Gasteiger charge is 2.25. The van der Waals surface area contributed by atoms with Crippen molar-refractivity contribution in [2.75, 3.05) is 13.1 Å². The van der Waals surface area contributed by atoms with E-state index in [0.29, 0.717) is 18.0 Å². The number of carboxylic acid groups (broad SMARTS) is 1. The molecule has 0 fully saturated rings. The first-order valence-electron chi connectivity index (χ1n) is 9.40. The fourth-order valence-electron chi connectivity index (χ4n) is 2.79. The molecule has 0 bridgehead atoms. The van der Waals surface area contributed by atoms with Crippen LogP contribution in [0.3, 0.4) is 0 Å². The second-order valence-electron chi connectivity index (χ2n) is 6.55. The summed E-state index contributed by atoms with van der Waals surface area (Å²) in [6, 6.07) is 4.01. The predicted molar refractivity (Wildman–Crippen MR) is 108 cm³/mol. The second kappa shape index (κ2) is 11.6. The van der Waals surface area contributed by atoms with E-state index in [-0.39, 0.29) is 10.5 Å². The lowest BCUT2D eigenvalue weighted by molar-refractivity contribution is 0.0696. The lowest BCUT2D eigenvalue weighted by Gasteiger charge is -2.22. The first-order chi connectivity index (χ1) is 12.3. The van der Waals surface area contributed by atoms with Crippen LogP contribution in [0.15, 0.2) is 28.0 Å². The summed E-state index contributed by atoms with van der Waals surface area (Å²) in [5, 5.41) is 9.20. The SMILES string of the molecule is CCCCCCN(CCCCCC)S(=O)(=O)c1cc(S)cc(C(=O)O)c1. The van der Waals surface area contributed by atoms with Gasteiger partial charge in [0.1, 0.15) is 0 Å². The molecule has 0 spiro atoms. The molecule has 0 aliphatic rings. The quantitative estimate of drug-likeness (QED) is 0.367. The van der Waals surface area contributed by atoms with Crippen LogP contribution in [0.4, 0.5) is 0 Å². The smallest absolute Gasteiger partial charge is 0.335 e. The summed E-state index contributed by atoms with van der Waals surface area (Å²) in [6.07, 6.45) is 7.95. The van der Waals surface area contributed by atoms with Crippen LogP contribution in [-0.4, -0.2) is 36.9 Å². The minimum absolute atomic E-state index is 0.00776. The molecule has 0 aliphatic carbocycles. The van der Waals surface area contributed by atoms with Crippen LogP contribution < -0.4 is 0 Å². The molecule has 0 amide bonds. The van der Waals surface area contributed by atoms with Crippen molar-refractivity contribution in [2.24, 2.45) is 0 Å². The van der Waals surface area contributed by atoms with Crippen LogP contribution in [0.1, 0.15) is 75.6 Å². The molecule has 1 N–H and O–H groups in total. The third-order valence-corrected chi connectivity index (χ3v) is 6.43. The zero-order valence-corrected chi connectivity index (χ0v) is 17.5. The molecule has 1 aromatic carbocycles. The Balaban J connectivity index is 3.01. The topological polar surface area (TPSA) is 74.7 Å². The number of carbonyl (C=O) groups is 1. The van der Waals surface area contributed by atoms with Gasteiger partial charge in [0.2, 0.25) is 10.0 Å². The number of aromatic carboxylic acids is 1. The van der Waals surface area contributed by atoms with Crippen molar-refractivity contribution in [1.29, 1.82) is 0 Å². The normalized spacial score (nSPS) is 11.8. The van der Waals surface area contributed by atoms with Gasteiger partial charge in [-0.05, 0) is 31.0 Å². The van der Waals surface area contributed by atoms with Crippen molar-refractivity contribution in [3.05, 3.63) is 23.8 Å². The van der Waals surface area contributed by atoms with Crippen molar-refractivity contribution in [3.8, 4) is 0 Å². The van der Waals surface area contributed by atoms with Crippen LogP contribution in [0.2, 0.25) is 0 Å². The summed E-state index contributed by atoms with van der Waals surface area (Å²) in [5.74, 6) is -1.16. The maximum absolute atomic E-state index is 13.1. The van der Waals surface area contributed by atoms with Crippen LogP contribution in [0.25, 0.3) is 0 Å². The molecule has 1 rings (SSSR count). The Morgan fingerprint density at radius 2 is 1.50 bits per heavy atom. The molecule has 0 saturated carbocycles. The zero-order valence-electron chi connectivity index (χ0n) is 15.8. The summed E-state index contributed by atoms with van der Waals surface area (Å²) in [4.78, 5) is 11.6. The number of unbranched alkanes of at least 4 members (excludes halogenated alkanes) is 6. The first kappa shape index (κ1) is 23.0. The number of rotatable bonds is 13. The molecular formula is C19H31NO4S2. The van der Waals surface area contributed by atoms with Crippen molar-refractivity contribution in [3.63, 3.8) is 0 Å². The molecule has 0 saturated heterocycles. The van der Waals surface area contributed by atoms with E-state index in [0.717, 1.165) is 51.4 Å². The molecule has 148 valence electrons. The van der Waals surface area contributed by atoms with Crippen molar-refractivity contribution in [2.45, 2.75) is 75.0 Å². The predicted octanol–water partition coefficient (Wildman–Crippen LogP) is 4.82. The van der Waals surface area contributed by atoms with Gasteiger partial charge in [-0.3, -0.25) is 0 Å². The summed E-state index contributed by atoms with van der Waals surface area (Å²) < 4.78 is 27.7. The van der Waals surface area contributed by atoms with Crippen LogP contribution in [-0.2, 0) is 10.0 Å². The number of sulfonamides is 1. The number of benzene rings is 1. The van der Waals surface area contributed by atoms with Gasteiger partial charge in [-0.25, -0.2) is 13.2 Å². The second-order valence-corrected chi connectivity index (χ2v) is 9.00. The van der Waals surface area contributed by atoms with Gasteiger partial charge in [0.15, 0.2) is 0 Å². The molecule has 0 aliphatic heterocycles. The Labute approximate surface area is 163 Å². The highest BCUT2D eigenvalue weighted by atomic mass is 32.2. The average molecular weight is 402 g/mol. The van der Waals surface area contributed by atoms with Crippen molar-refractivity contribution < 1.29 is 18.3 Å². The van der Waals surface area contributed by atoms with E-state index in [1.54, 1.807) is 0 Å². The third kappa shape index (κ3) is 7.29. The highest BCUT2D eigenvalue weighted by Crippen LogP contribution is 2.23. The number of hydrogen-bond donors (Lipinski definition) is 2. The molecule has 0 atom stereocenters. The third-order valence-electron chi connectivity index (χ3n) is 4.30. The minimum atomic E-state index is -3.73. The Hall–Kier alpha value is -1.05. The molecule has 0 heterocycles. The number of thiol groups is 1. The monoisotopic (exact) mass is 401 g/mol. The standard InChI is InChI=1S/C19H31NO4S2/c1-3-5-7-9-11-20(12-10-8-6-4-2)26(23,24)18-14-16(19(21)22)13-17(25)15-18/h13-15,25H,3-12H2,1-2H3,(H,21,22). The zero-order chi connectivity index (χ0) is 19.6. The average Bonchev–Trinajstić information content (AvgIpc) is 2.59. The maximum atomic E-state index is 13.1. The van der Waals surface area contributed by atoms with Gasteiger partial charge in [0.05, 0.1) is 10.5 Å². The van der Waals surface area contributed by atoms with Crippen molar-refractivity contribution in [1.82, 2.24) is 4.31 Å². The first-order valence-corrected chi connectivity index (χ1v) is 11.3. The number of hydrogen-bond acceptors (Lipinski definition) is 4. The van der Waals surface area contributed by atoms with Crippen LogP contribution in [0, 0.1) is 0 Å². The molecule has 0 aromatic heterocycles.